The number of hydrogen-bond donors (Lipinski definition) is 1. The van der Waals surface area contributed by atoms with Gasteiger partial charge < -0.3 is 19.9 Å². The van der Waals surface area contributed by atoms with Crippen molar-refractivity contribution >= 4 is 59.0 Å². The molecule has 2 fully saturated rings. The zero-order valence-corrected chi connectivity index (χ0v) is 20.7. The third-order valence-corrected chi connectivity index (χ3v) is 7.08. The fourth-order valence-electron chi connectivity index (χ4n) is 3.84. The Morgan fingerprint density at radius 1 is 1.25 bits per heavy atom. The molecule has 28 heavy (non-hydrogen) atoms. The number of nitrogens with zero attached hydrogens (tertiary/aromatic N) is 3. The summed E-state index contributed by atoms with van der Waals surface area (Å²) in [4.78, 5) is 9.31. The first kappa shape index (κ1) is 23.9. The van der Waals surface area contributed by atoms with Crippen LogP contribution in [0.3, 0.4) is 0 Å². The summed E-state index contributed by atoms with van der Waals surface area (Å²) in [5.41, 5.74) is 1.20. The molecule has 3 rings (SSSR count). The molecule has 2 heterocycles. The van der Waals surface area contributed by atoms with E-state index in [4.69, 9.17) is 16.3 Å². The number of rotatable bonds is 5. The Balaban J connectivity index is 0.00000280. The number of nitrogens with one attached hydrogen (secondary N) is 1. The van der Waals surface area contributed by atoms with Crippen molar-refractivity contribution in [3.05, 3.63) is 29.3 Å². The van der Waals surface area contributed by atoms with Crippen molar-refractivity contribution in [1.82, 2.24) is 10.2 Å². The molecule has 2 saturated heterocycles. The zero-order chi connectivity index (χ0) is 19.1. The summed E-state index contributed by atoms with van der Waals surface area (Å²) in [6.45, 7) is 8.80. The summed E-state index contributed by atoms with van der Waals surface area (Å²) in [7, 11) is 1.88. The summed E-state index contributed by atoms with van der Waals surface area (Å²) in [6.07, 6.45) is 2.22. The van der Waals surface area contributed by atoms with E-state index >= 15 is 0 Å². The molecular formula is C20H32ClIN4OS. The fourth-order valence-corrected chi connectivity index (χ4v) is 5.27. The summed E-state index contributed by atoms with van der Waals surface area (Å²) in [6, 6.07) is 8.11. The lowest BCUT2D eigenvalue weighted by atomic mass is 9.99. The monoisotopic (exact) mass is 538 g/mol. The molecule has 5 nitrogen and oxygen atoms in total. The van der Waals surface area contributed by atoms with Gasteiger partial charge in [0.05, 0.1) is 0 Å². The van der Waals surface area contributed by atoms with E-state index in [1.54, 1.807) is 0 Å². The minimum Gasteiger partial charge on any atom is -0.381 e. The van der Waals surface area contributed by atoms with Crippen molar-refractivity contribution in [3.63, 3.8) is 0 Å². The van der Waals surface area contributed by atoms with E-state index in [1.165, 1.54) is 5.69 Å². The number of halogens is 2. The molecule has 1 aromatic rings. The van der Waals surface area contributed by atoms with Gasteiger partial charge in [-0.05, 0) is 36.8 Å². The van der Waals surface area contributed by atoms with Crippen molar-refractivity contribution < 1.29 is 4.74 Å². The minimum atomic E-state index is 0. The van der Waals surface area contributed by atoms with Crippen LogP contribution in [-0.2, 0) is 4.74 Å². The number of ether oxygens (including phenoxy) is 1. The third-order valence-electron chi connectivity index (χ3n) is 5.39. The van der Waals surface area contributed by atoms with Gasteiger partial charge in [-0.3, -0.25) is 4.99 Å². The first-order valence-electron chi connectivity index (χ1n) is 9.83. The lowest BCUT2D eigenvalue weighted by Crippen LogP contribution is -2.55. The highest BCUT2D eigenvalue weighted by Gasteiger charge is 2.33. The van der Waals surface area contributed by atoms with Crippen LogP contribution in [-0.4, -0.2) is 74.3 Å². The van der Waals surface area contributed by atoms with Gasteiger partial charge in [0.15, 0.2) is 5.96 Å². The minimum absolute atomic E-state index is 0. The number of thioether (sulfide) groups is 1. The van der Waals surface area contributed by atoms with Crippen LogP contribution >= 0.6 is 47.3 Å². The summed E-state index contributed by atoms with van der Waals surface area (Å²) in [5.74, 6) is 2.15. The van der Waals surface area contributed by atoms with E-state index < -0.39 is 0 Å². The number of aliphatic imine (C=N–C) groups is 1. The predicted octanol–water partition coefficient (Wildman–Crippen LogP) is 3.96. The number of piperazine rings is 1. The lowest BCUT2D eigenvalue weighted by molar-refractivity contribution is 0.0780. The van der Waals surface area contributed by atoms with Crippen molar-refractivity contribution in [2.45, 2.75) is 24.5 Å². The first-order chi connectivity index (χ1) is 13.2. The number of benzene rings is 1. The predicted molar refractivity (Wildman–Crippen MR) is 133 cm³/mol. The van der Waals surface area contributed by atoms with E-state index in [9.17, 15) is 0 Å². The number of hydrogen-bond acceptors (Lipinski definition) is 4. The van der Waals surface area contributed by atoms with Gasteiger partial charge in [0, 0.05) is 68.4 Å². The molecule has 158 valence electrons. The van der Waals surface area contributed by atoms with Gasteiger partial charge in [0.1, 0.15) is 0 Å². The summed E-state index contributed by atoms with van der Waals surface area (Å²) >= 11 is 8.20. The number of guanidine groups is 1. The Labute approximate surface area is 195 Å². The molecule has 1 N–H and O–H groups in total. The van der Waals surface area contributed by atoms with Crippen LogP contribution in [0.5, 0.6) is 0 Å². The van der Waals surface area contributed by atoms with Crippen LogP contribution in [0.4, 0.5) is 5.69 Å². The van der Waals surface area contributed by atoms with E-state index in [0.29, 0.717) is 0 Å². The summed E-state index contributed by atoms with van der Waals surface area (Å²) < 4.78 is 5.86. The van der Waals surface area contributed by atoms with Gasteiger partial charge in [-0.15, -0.1) is 24.0 Å². The highest BCUT2D eigenvalue weighted by molar-refractivity contribution is 14.0. The lowest BCUT2D eigenvalue weighted by Gasteiger charge is -2.40. The van der Waals surface area contributed by atoms with Crippen molar-refractivity contribution in [3.8, 4) is 0 Å². The number of anilines is 1. The van der Waals surface area contributed by atoms with Gasteiger partial charge in [0.25, 0.3) is 0 Å². The van der Waals surface area contributed by atoms with E-state index in [0.717, 1.165) is 75.5 Å². The Morgan fingerprint density at radius 3 is 2.57 bits per heavy atom. The first-order valence-corrected chi connectivity index (χ1v) is 11.2. The molecule has 0 aliphatic carbocycles. The average molecular weight is 539 g/mol. The zero-order valence-electron chi connectivity index (χ0n) is 16.8. The highest BCUT2D eigenvalue weighted by atomic mass is 127. The van der Waals surface area contributed by atoms with E-state index in [2.05, 4.69) is 44.9 Å². The van der Waals surface area contributed by atoms with Crippen LogP contribution in [0, 0.1) is 0 Å². The Bertz CT molecular complexity index is 629. The molecule has 0 saturated carbocycles. The molecular weight excluding hydrogens is 507 g/mol. The molecule has 0 spiro atoms. The fraction of sp³-hybridized carbons (Fsp3) is 0.650. The van der Waals surface area contributed by atoms with Crippen LogP contribution < -0.4 is 10.2 Å². The maximum Gasteiger partial charge on any atom is 0.193 e. The van der Waals surface area contributed by atoms with Gasteiger partial charge in [-0.2, -0.15) is 11.8 Å². The van der Waals surface area contributed by atoms with Crippen LogP contribution in [0.2, 0.25) is 5.02 Å². The molecule has 0 amide bonds. The van der Waals surface area contributed by atoms with E-state index in [1.807, 2.05) is 25.2 Å². The standard InChI is InChI=1S/C20H31ClN4OS.HI/c1-3-27-20(7-13-26-14-8-20)16-23-19(22-2)25-11-9-24(10-12-25)18-6-4-5-17(21)15-18;/h4-6,15H,3,7-14,16H2,1-2H3,(H,22,23);1H. The van der Waals surface area contributed by atoms with Crippen molar-refractivity contribution in [2.75, 3.05) is 63.6 Å². The molecule has 8 heteroatoms. The van der Waals surface area contributed by atoms with Crippen molar-refractivity contribution in [1.29, 1.82) is 0 Å². The van der Waals surface area contributed by atoms with Crippen LogP contribution in [0.25, 0.3) is 0 Å². The van der Waals surface area contributed by atoms with Crippen LogP contribution in [0.15, 0.2) is 29.3 Å². The van der Waals surface area contributed by atoms with Gasteiger partial charge in [-0.25, -0.2) is 0 Å². The second-order valence-electron chi connectivity index (χ2n) is 7.08. The molecule has 2 aliphatic heterocycles. The third kappa shape index (κ3) is 6.31. The quantitative estimate of drug-likeness (QED) is 0.349. The van der Waals surface area contributed by atoms with Gasteiger partial charge >= 0.3 is 0 Å². The maximum atomic E-state index is 6.14. The molecule has 0 radical (unpaired) electrons. The molecule has 0 aromatic heterocycles. The Morgan fingerprint density at radius 2 is 1.96 bits per heavy atom. The Hall–Kier alpha value is -0.380. The molecule has 2 aliphatic rings. The average Bonchev–Trinajstić information content (AvgIpc) is 2.70. The molecule has 1 aromatic carbocycles. The summed E-state index contributed by atoms with van der Waals surface area (Å²) in [5, 5.41) is 4.45. The van der Waals surface area contributed by atoms with Crippen molar-refractivity contribution in [2.24, 2.45) is 4.99 Å². The van der Waals surface area contributed by atoms with E-state index in [-0.39, 0.29) is 28.7 Å². The second kappa shape index (κ2) is 11.7. The molecule has 0 unspecified atom stereocenters. The van der Waals surface area contributed by atoms with Gasteiger partial charge in [-0.1, -0.05) is 24.6 Å². The Kier molecular flexibility index (Phi) is 10.00. The van der Waals surface area contributed by atoms with Crippen LogP contribution in [0.1, 0.15) is 19.8 Å². The smallest absolute Gasteiger partial charge is 0.193 e. The highest BCUT2D eigenvalue weighted by Crippen LogP contribution is 2.34. The SMILES string of the molecule is CCSC1(CNC(=NC)N2CCN(c3cccc(Cl)c3)CC2)CCOCC1.I. The molecule has 0 bridgehead atoms. The van der Waals surface area contributed by atoms with Gasteiger partial charge in [0.2, 0.25) is 0 Å². The normalized spacial score (nSPS) is 19.9. The largest absolute Gasteiger partial charge is 0.381 e. The second-order valence-corrected chi connectivity index (χ2v) is 9.25. The molecule has 0 atom stereocenters. The maximum absolute atomic E-state index is 6.14. The topological polar surface area (TPSA) is 40.1 Å².